The van der Waals surface area contributed by atoms with Gasteiger partial charge < -0.3 is 14.9 Å². The van der Waals surface area contributed by atoms with Gasteiger partial charge in [-0.3, -0.25) is 0 Å². The van der Waals surface area contributed by atoms with Crippen molar-refractivity contribution in [2.45, 2.75) is 17.4 Å². The highest BCUT2D eigenvalue weighted by Gasteiger charge is 2.32. The zero-order valence-electron chi connectivity index (χ0n) is 10.9. The van der Waals surface area contributed by atoms with Crippen LogP contribution < -0.4 is 9.46 Å². The van der Waals surface area contributed by atoms with E-state index in [1.54, 1.807) is 0 Å². The number of hydrogen-bond donors (Lipinski definition) is 3. The molecule has 0 unspecified atom stereocenters. The van der Waals surface area contributed by atoms with Crippen LogP contribution in [0, 0.1) is 0 Å². The van der Waals surface area contributed by atoms with Gasteiger partial charge in [-0.15, -0.1) is 0 Å². The number of sulfonamides is 1. The Bertz CT molecular complexity index is 589. The van der Waals surface area contributed by atoms with Crippen LogP contribution in [-0.4, -0.2) is 44.5 Å². The van der Waals surface area contributed by atoms with Gasteiger partial charge in [0.25, 0.3) is 0 Å². The van der Waals surface area contributed by atoms with E-state index in [9.17, 15) is 18.6 Å². The summed E-state index contributed by atoms with van der Waals surface area (Å²) in [6, 6.07) is 2.72. The lowest BCUT2D eigenvalue weighted by Gasteiger charge is -2.26. The van der Waals surface area contributed by atoms with E-state index in [0.29, 0.717) is 4.47 Å². The van der Waals surface area contributed by atoms with Gasteiger partial charge in [-0.1, -0.05) is 11.6 Å². The third-order valence-corrected chi connectivity index (χ3v) is 5.00. The Labute approximate surface area is 130 Å². The van der Waals surface area contributed by atoms with E-state index in [-0.39, 0.29) is 15.7 Å². The minimum atomic E-state index is -4.04. The van der Waals surface area contributed by atoms with E-state index >= 15 is 0 Å². The topological polar surface area (TPSA) is 95.9 Å². The molecule has 0 aliphatic rings. The number of rotatable bonds is 6. The van der Waals surface area contributed by atoms with Gasteiger partial charge in [-0.25, -0.2) is 13.1 Å². The summed E-state index contributed by atoms with van der Waals surface area (Å²) in [7, 11) is -2.72. The highest BCUT2D eigenvalue weighted by Crippen LogP contribution is 2.35. The van der Waals surface area contributed by atoms with E-state index in [4.69, 9.17) is 16.3 Å². The number of hydrogen-bond acceptors (Lipinski definition) is 5. The van der Waals surface area contributed by atoms with Crippen LogP contribution in [-0.2, 0) is 10.0 Å². The average Bonchev–Trinajstić information content (AvgIpc) is 2.37. The summed E-state index contributed by atoms with van der Waals surface area (Å²) < 4.78 is 32.4. The molecule has 6 nitrogen and oxygen atoms in total. The zero-order chi connectivity index (χ0) is 15.6. The van der Waals surface area contributed by atoms with Crippen LogP contribution >= 0.6 is 27.5 Å². The van der Waals surface area contributed by atoms with Crippen molar-refractivity contribution in [3.63, 3.8) is 0 Å². The summed E-state index contributed by atoms with van der Waals surface area (Å²) in [5.41, 5.74) is -1.39. The van der Waals surface area contributed by atoms with E-state index in [1.807, 2.05) is 0 Å². The normalized spacial score (nSPS) is 12.5. The maximum absolute atomic E-state index is 12.4. The Balaban J connectivity index is 3.36. The van der Waals surface area contributed by atoms with Gasteiger partial charge in [0.05, 0.1) is 30.3 Å². The van der Waals surface area contributed by atoms with Crippen molar-refractivity contribution in [3.8, 4) is 5.75 Å². The van der Waals surface area contributed by atoms with E-state index in [1.165, 1.54) is 26.2 Å². The molecular weight excluding hydrogens is 374 g/mol. The highest BCUT2D eigenvalue weighted by atomic mass is 79.9. The molecule has 20 heavy (non-hydrogen) atoms. The Morgan fingerprint density at radius 2 is 1.95 bits per heavy atom. The summed E-state index contributed by atoms with van der Waals surface area (Å²) in [5.74, 6) is 0.0835. The quantitative estimate of drug-likeness (QED) is 0.679. The molecule has 0 radical (unpaired) electrons. The van der Waals surface area contributed by atoms with E-state index in [2.05, 4.69) is 20.7 Å². The molecule has 0 atom stereocenters. The van der Waals surface area contributed by atoms with Crippen LogP contribution in [0.25, 0.3) is 0 Å². The minimum Gasteiger partial charge on any atom is -0.494 e. The number of aliphatic hydroxyl groups is 2. The van der Waals surface area contributed by atoms with Crippen molar-refractivity contribution in [2.24, 2.45) is 0 Å². The molecule has 0 aliphatic heterocycles. The second-order valence-electron chi connectivity index (χ2n) is 4.40. The minimum absolute atomic E-state index is 0.0835. The lowest BCUT2D eigenvalue weighted by molar-refractivity contribution is 0.121. The van der Waals surface area contributed by atoms with Crippen molar-refractivity contribution >= 4 is 37.6 Å². The molecular formula is C11H15BrClNO5S. The molecule has 0 spiro atoms. The first-order valence-corrected chi connectivity index (χ1v) is 8.13. The van der Waals surface area contributed by atoms with Gasteiger partial charge in [0, 0.05) is 5.02 Å². The lowest BCUT2D eigenvalue weighted by Crippen LogP contribution is -2.51. The van der Waals surface area contributed by atoms with Crippen LogP contribution in [0.5, 0.6) is 5.75 Å². The van der Waals surface area contributed by atoms with Gasteiger partial charge in [0.1, 0.15) is 4.90 Å². The van der Waals surface area contributed by atoms with Crippen LogP contribution in [0.1, 0.15) is 6.92 Å². The summed E-state index contributed by atoms with van der Waals surface area (Å²) in [5, 5.41) is 18.6. The molecule has 0 aromatic heterocycles. The predicted octanol–water partition coefficient (Wildman–Crippen LogP) is 1.13. The second kappa shape index (κ2) is 6.59. The predicted molar refractivity (Wildman–Crippen MR) is 78.6 cm³/mol. The molecule has 0 heterocycles. The number of aliphatic hydroxyl groups excluding tert-OH is 2. The molecule has 0 fully saturated rings. The first-order valence-electron chi connectivity index (χ1n) is 5.48. The molecule has 3 N–H and O–H groups in total. The second-order valence-corrected chi connectivity index (χ2v) is 7.34. The summed E-state index contributed by atoms with van der Waals surface area (Å²) >= 11 is 9.01. The molecule has 0 bridgehead atoms. The van der Waals surface area contributed by atoms with E-state index in [0.717, 1.165) is 0 Å². The van der Waals surface area contributed by atoms with Gasteiger partial charge in [0.2, 0.25) is 10.0 Å². The molecule has 1 aromatic carbocycles. The Kier molecular flexibility index (Phi) is 5.82. The molecule has 0 saturated heterocycles. The molecule has 0 aliphatic carbocycles. The van der Waals surface area contributed by atoms with Crippen LogP contribution in [0.4, 0.5) is 0 Å². The average molecular weight is 389 g/mol. The fourth-order valence-corrected chi connectivity index (χ4v) is 4.20. The molecule has 0 amide bonds. The standard InChI is InChI=1S/C11H15BrClNO5S/c1-11(5-15,6-16)14-20(17,18)9-4-7(13)3-8(12)10(9)19-2/h3-4,14-16H,5-6H2,1-2H3. The van der Waals surface area contributed by atoms with Crippen LogP contribution in [0.15, 0.2) is 21.5 Å². The molecule has 9 heteroatoms. The first-order chi connectivity index (χ1) is 9.19. The number of halogens is 2. The molecule has 114 valence electrons. The van der Waals surface area contributed by atoms with Crippen molar-refractivity contribution < 1.29 is 23.4 Å². The smallest absolute Gasteiger partial charge is 0.245 e. The van der Waals surface area contributed by atoms with Crippen molar-refractivity contribution in [2.75, 3.05) is 20.3 Å². The maximum Gasteiger partial charge on any atom is 0.245 e. The summed E-state index contributed by atoms with van der Waals surface area (Å²) in [6.45, 7) is 0.246. The molecule has 0 saturated carbocycles. The number of methoxy groups -OCH3 is 1. The van der Waals surface area contributed by atoms with Crippen LogP contribution in [0.2, 0.25) is 5.02 Å². The zero-order valence-corrected chi connectivity index (χ0v) is 14.0. The summed E-state index contributed by atoms with van der Waals surface area (Å²) in [6.07, 6.45) is 0. The van der Waals surface area contributed by atoms with E-state index < -0.39 is 28.8 Å². The Morgan fingerprint density at radius 1 is 1.40 bits per heavy atom. The molecule has 1 aromatic rings. The SMILES string of the molecule is COc1c(Br)cc(Cl)cc1S(=O)(=O)NC(C)(CO)CO. The van der Waals surface area contributed by atoms with Crippen molar-refractivity contribution in [3.05, 3.63) is 21.6 Å². The monoisotopic (exact) mass is 387 g/mol. The fraction of sp³-hybridized carbons (Fsp3) is 0.455. The number of benzene rings is 1. The third kappa shape index (κ3) is 3.84. The van der Waals surface area contributed by atoms with Gasteiger partial charge >= 0.3 is 0 Å². The van der Waals surface area contributed by atoms with Crippen molar-refractivity contribution in [1.29, 1.82) is 0 Å². The first kappa shape index (κ1) is 17.7. The summed E-state index contributed by atoms with van der Waals surface area (Å²) in [4.78, 5) is -0.188. The third-order valence-electron chi connectivity index (χ3n) is 2.55. The van der Waals surface area contributed by atoms with Crippen molar-refractivity contribution in [1.82, 2.24) is 4.72 Å². The Hall–Kier alpha value is -0.380. The molecule has 1 rings (SSSR count). The highest BCUT2D eigenvalue weighted by molar-refractivity contribution is 9.10. The lowest BCUT2D eigenvalue weighted by atomic mass is 10.1. The maximum atomic E-state index is 12.4. The Morgan fingerprint density at radius 3 is 2.40 bits per heavy atom. The van der Waals surface area contributed by atoms with Crippen LogP contribution in [0.3, 0.4) is 0 Å². The number of ether oxygens (including phenoxy) is 1. The van der Waals surface area contributed by atoms with Gasteiger partial charge in [-0.05, 0) is 35.0 Å². The number of nitrogens with one attached hydrogen (secondary N) is 1. The van der Waals surface area contributed by atoms with Gasteiger partial charge in [-0.2, -0.15) is 0 Å². The largest absolute Gasteiger partial charge is 0.494 e. The van der Waals surface area contributed by atoms with Gasteiger partial charge in [0.15, 0.2) is 5.75 Å². The fourth-order valence-electron chi connectivity index (χ4n) is 1.43.